The Kier molecular flexibility index (Phi) is 8.81. The number of benzene rings is 2. The maximum atomic E-state index is 13.8. The molecule has 1 heterocycles. The van der Waals surface area contributed by atoms with Gasteiger partial charge in [-0.3, -0.25) is 0 Å². The third kappa shape index (κ3) is 6.30. The van der Waals surface area contributed by atoms with Crippen molar-refractivity contribution < 1.29 is 37.6 Å². The molecule has 0 saturated carbocycles. The molecule has 0 radical (unpaired) electrons. The predicted octanol–water partition coefficient (Wildman–Crippen LogP) is 3.16. The van der Waals surface area contributed by atoms with Crippen LogP contribution >= 0.6 is 0 Å². The lowest BCUT2D eigenvalue weighted by Crippen LogP contribution is -2.40. The highest BCUT2D eigenvalue weighted by Crippen LogP contribution is 2.43. The summed E-state index contributed by atoms with van der Waals surface area (Å²) in [5.41, 5.74) is 4.89. The number of carbonyl (C=O) groups excluding carboxylic acids is 1. The number of H-pyrrole nitrogens is 1. The number of methoxy groups -OCH3 is 3. The summed E-state index contributed by atoms with van der Waals surface area (Å²) in [6.07, 6.45) is 0.194. The van der Waals surface area contributed by atoms with Gasteiger partial charge in [0.05, 0.1) is 52.3 Å². The molecular formula is C26H32FN4O6+. The molecule has 0 atom stereocenters. The van der Waals surface area contributed by atoms with E-state index < -0.39 is 6.09 Å². The van der Waals surface area contributed by atoms with Gasteiger partial charge < -0.3 is 34.3 Å². The summed E-state index contributed by atoms with van der Waals surface area (Å²) >= 11 is 0. The monoisotopic (exact) mass is 515 g/mol. The molecule has 11 heteroatoms. The van der Waals surface area contributed by atoms with Crippen molar-refractivity contribution in [2.45, 2.75) is 13.0 Å². The van der Waals surface area contributed by atoms with Crippen LogP contribution in [0, 0.1) is 5.82 Å². The molecule has 3 N–H and O–H groups in total. The smallest absolute Gasteiger partial charge is 0.406 e. The standard InChI is InChI=1S/C26H31FN4O6/c1-33-22-14-17-13-21-24(20(17)16-23(22)34-2)31(30-25(21)29-19-6-4-5-18(27)15-19)8-10-37-12-11-36-9-7-28-26(32)35-3/h4-6,14-16H,7-13H2,1-3H3,(H2,28,29,30,32)/p+1. The summed E-state index contributed by atoms with van der Waals surface area (Å²) in [5.74, 6) is 1.80. The molecule has 1 aliphatic rings. The number of nitrogens with one attached hydrogen (secondary N) is 3. The summed E-state index contributed by atoms with van der Waals surface area (Å²) in [4.78, 5) is 11.0. The maximum absolute atomic E-state index is 13.8. The van der Waals surface area contributed by atoms with Crippen molar-refractivity contribution in [3.63, 3.8) is 0 Å². The number of hydrogen-bond donors (Lipinski definition) is 3. The van der Waals surface area contributed by atoms with Crippen molar-refractivity contribution in [3.8, 4) is 22.8 Å². The predicted molar refractivity (Wildman–Crippen MR) is 134 cm³/mol. The van der Waals surface area contributed by atoms with Gasteiger partial charge in [0.1, 0.15) is 12.4 Å². The van der Waals surface area contributed by atoms with Crippen LogP contribution < -0.4 is 24.8 Å². The molecule has 0 spiro atoms. The van der Waals surface area contributed by atoms with Crippen molar-refractivity contribution in [3.05, 3.63) is 53.3 Å². The molecule has 0 saturated heterocycles. The van der Waals surface area contributed by atoms with Crippen LogP contribution in [0.2, 0.25) is 0 Å². The van der Waals surface area contributed by atoms with Gasteiger partial charge in [-0.25, -0.2) is 9.18 Å². The van der Waals surface area contributed by atoms with Crippen LogP contribution in [0.15, 0.2) is 36.4 Å². The van der Waals surface area contributed by atoms with E-state index in [2.05, 4.69) is 20.5 Å². The zero-order valence-corrected chi connectivity index (χ0v) is 21.2. The lowest BCUT2D eigenvalue weighted by atomic mass is 10.1. The van der Waals surface area contributed by atoms with Crippen LogP contribution in [0.3, 0.4) is 0 Å². The zero-order valence-electron chi connectivity index (χ0n) is 21.2. The molecule has 1 aromatic heterocycles. The van der Waals surface area contributed by atoms with Crippen molar-refractivity contribution in [1.82, 2.24) is 10.4 Å². The molecule has 10 nitrogen and oxygen atoms in total. The molecule has 37 heavy (non-hydrogen) atoms. The number of anilines is 2. The molecule has 2 aromatic carbocycles. The van der Waals surface area contributed by atoms with E-state index in [0.29, 0.717) is 63.1 Å². The number of aromatic amines is 1. The van der Waals surface area contributed by atoms with Crippen LogP contribution in [0.1, 0.15) is 11.1 Å². The van der Waals surface area contributed by atoms with Crippen molar-refractivity contribution in [2.24, 2.45) is 0 Å². The molecule has 0 fully saturated rings. The van der Waals surface area contributed by atoms with Gasteiger partial charge in [0.25, 0.3) is 0 Å². The van der Waals surface area contributed by atoms with Gasteiger partial charge in [-0.2, -0.15) is 0 Å². The Labute approximate surface area is 214 Å². The second kappa shape index (κ2) is 12.4. The summed E-state index contributed by atoms with van der Waals surface area (Å²) in [6, 6.07) is 10.3. The number of hydrogen-bond acceptors (Lipinski definition) is 7. The van der Waals surface area contributed by atoms with Gasteiger partial charge in [-0.15, -0.1) is 9.78 Å². The van der Waals surface area contributed by atoms with Crippen molar-refractivity contribution in [2.75, 3.05) is 59.6 Å². The van der Waals surface area contributed by atoms with Gasteiger partial charge >= 0.3 is 6.09 Å². The Morgan fingerprint density at radius 2 is 1.78 bits per heavy atom. The van der Waals surface area contributed by atoms with E-state index in [0.717, 1.165) is 28.2 Å². The molecule has 1 amide bonds. The number of amides is 1. The van der Waals surface area contributed by atoms with E-state index in [1.54, 1.807) is 20.3 Å². The first-order chi connectivity index (χ1) is 18.0. The summed E-state index contributed by atoms with van der Waals surface area (Å²) in [5, 5.41) is 9.28. The lowest BCUT2D eigenvalue weighted by Gasteiger charge is -2.10. The number of halogens is 1. The number of alkyl carbamates (subject to hydrolysis) is 1. The summed E-state index contributed by atoms with van der Waals surface area (Å²) in [6.45, 7) is 2.56. The molecule has 198 valence electrons. The Bertz CT molecular complexity index is 1230. The van der Waals surface area contributed by atoms with Crippen molar-refractivity contribution >= 4 is 17.6 Å². The number of ether oxygens (including phenoxy) is 5. The highest BCUT2D eigenvalue weighted by Gasteiger charge is 2.35. The van der Waals surface area contributed by atoms with E-state index in [1.165, 1.54) is 19.2 Å². The summed E-state index contributed by atoms with van der Waals surface area (Å²) < 4.78 is 42.6. The molecular weight excluding hydrogens is 483 g/mol. The van der Waals surface area contributed by atoms with Gasteiger partial charge in [0, 0.05) is 18.7 Å². The topological polar surface area (TPSA) is 107 Å². The normalized spacial score (nSPS) is 11.6. The van der Waals surface area contributed by atoms with E-state index >= 15 is 0 Å². The first-order valence-electron chi connectivity index (χ1n) is 11.9. The molecule has 1 aliphatic carbocycles. The fraction of sp³-hybridized carbons (Fsp3) is 0.385. The van der Waals surface area contributed by atoms with Crippen LogP contribution in [0.4, 0.5) is 20.7 Å². The van der Waals surface area contributed by atoms with Crippen LogP contribution in [0.5, 0.6) is 11.5 Å². The SMILES string of the molecule is COC(=O)NCCOCCOCC[n+]1[nH]c(Nc2cccc(F)c2)c2c1-c1cc(OC)c(OC)cc1C2. The Balaban J connectivity index is 1.44. The number of carbonyl (C=O) groups is 1. The third-order valence-electron chi connectivity index (χ3n) is 5.96. The number of rotatable bonds is 13. The molecule has 0 bridgehead atoms. The largest absolute Gasteiger partial charge is 0.493 e. The average molecular weight is 516 g/mol. The van der Waals surface area contributed by atoms with Gasteiger partial charge in [0.2, 0.25) is 5.69 Å². The van der Waals surface area contributed by atoms with Crippen LogP contribution in [-0.2, 0) is 27.2 Å². The third-order valence-corrected chi connectivity index (χ3v) is 5.96. The maximum Gasteiger partial charge on any atom is 0.406 e. The first-order valence-corrected chi connectivity index (χ1v) is 11.9. The van der Waals surface area contributed by atoms with E-state index in [1.807, 2.05) is 22.9 Å². The van der Waals surface area contributed by atoms with Crippen LogP contribution in [-0.4, -0.2) is 65.5 Å². The highest BCUT2D eigenvalue weighted by molar-refractivity contribution is 5.79. The summed E-state index contributed by atoms with van der Waals surface area (Å²) in [7, 11) is 4.55. The Hall–Kier alpha value is -3.83. The Morgan fingerprint density at radius 1 is 1.03 bits per heavy atom. The lowest BCUT2D eigenvalue weighted by molar-refractivity contribution is -0.740. The van der Waals surface area contributed by atoms with Crippen LogP contribution in [0.25, 0.3) is 11.3 Å². The quantitative estimate of drug-likeness (QED) is 0.186. The highest BCUT2D eigenvalue weighted by atomic mass is 19.1. The molecule has 3 aromatic rings. The fourth-order valence-corrected chi connectivity index (χ4v) is 4.25. The van der Waals surface area contributed by atoms with Gasteiger partial charge in [-0.05, 0) is 35.9 Å². The van der Waals surface area contributed by atoms with E-state index in [4.69, 9.17) is 18.9 Å². The zero-order chi connectivity index (χ0) is 26.2. The van der Waals surface area contributed by atoms with Crippen molar-refractivity contribution in [1.29, 1.82) is 0 Å². The Morgan fingerprint density at radius 3 is 2.51 bits per heavy atom. The minimum atomic E-state index is -0.487. The number of aromatic nitrogens is 2. The first kappa shape index (κ1) is 26.2. The van der Waals surface area contributed by atoms with E-state index in [-0.39, 0.29) is 5.82 Å². The second-order valence-electron chi connectivity index (χ2n) is 8.29. The van der Waals surface area contributed by atoms with Gasteiger partial charge in [-0.1, -0.05) is 6.07 Å². The minimum Gasteiger partial charge on any atom is -0.493 e. The average Bonchev–Trinajstić information content (AvgIpc) is 3.43. The second-order valence-corrected chi connectivity index (χ2v) is 8.29. The number of fused-ring (bicyclic) bond motifs is 3. The minimum absolute atomic E-state index is 0.310. The number of nitrogens with zero attached hydrogens (tertiary/aromatic N) is 1. The molecule has 0 unspecified atom stereocenters. The fourth-order valence-electron chi connectivity index (χ4n) is 4.25. The van der Waals surface area contributed by atoms with Gasteiger partial charge in [0.15, 0.2) is 23.9 Å². The molecule has 4 rings (SSSR count). The van der Waals surface area contributed by atoms with E-state index in [9.17, 15) is 9.18 Å². The molecule has 0 aliphatic heterocycles.